The topological polar surface area (TPSA) is 45.4 Å². The van der Waals surface area contributed by atoms with E-state index in [1.54, 1.807) is 12.1 Å². The summed E-state index contributed by atoms with van der Waals surface area (Å²) in [6.45, 7) is 10.9. The van der Waals surface area contributed by atoms with Crippen LogP contribution in [0.2, 0.25) is 0 Å². The second-order valence-corrected chi connectivity index (χ2v) is 7.21. The van der Waals surface area contributed by atoms with Crippen LogP contribution in [0.1, 0.15) is 37.6 Å². The van der Waals surface area contributed by atoms with Gasteiger partial charge in [0.05, 0.1) is 6.54 Å². The first-order valence-corrected chi connectivity index (χ1v) is 9.01. The number of halogens is 1. The quantitative estimate of drug-likeness (QED) is 0.832. The molecule has 0 saturated carbocycles. The molecule has 25 heavy (non-hydrogen) atoms. The maximum Gasteiger partial charge on any atom is 0.230 e. The maximum absolute atomic E-state index is 13.2. The van der Waals surface area contributed by atoms with Crippen LogP contribution in [-0.2, 0) is 13.1 Å². The van der Waals surface area contributed by atoms with Gasteiger partial charge >= 0.3 is 0 Å². The van der Waals surface area contributed by atoms with E-state index in [1.807, 2.05) is 19.1 Å². The Balaban J connectivity index is 1.68. The first-order valence-electron chi connectivity index (χ1n) is 9.01. The Kier molecular flexibility index (Phi) is 5.81. The third-order valence-corrected chi connectivity index (χ3v) is 4.83. The molecule has 5 nitrogen and oxygen atoms in total. The Bertz CT molecular complexity index is 670. The van der Waals surface area contributed by atoms with E-state index in [9.17, 15) is 4.39 Å². The third kappa shape index (κ3) is 4.86. The van der Waals surface area contributed by atoms with Crippen LogP contribution < -0.4 is 0 Å². The third-order valence-electron chi connectivity index (χ3n) is 4.83. The first-order chi connectivity index (χ1) is 12.0. The van der Waals surface area contributed by atoms with E-state index >= 15 is 0 Å². The van der Waals surface area contributed by atoms with Crippen LogP contribution >= 0.6 is 0 Å². The number of rotatable bonds is 5. The monoisotopic (exact) mass is 346 g/mol. The predicted octanol–water partition coefficient (Wildman–Crippen LogP) is 3.25. The van der Waals surface area contributed by atoms with E-state index in [-0.39, 0.29) is 5.82 Å². The minimum Gasteiger partial charge on any atom is -0.424 e. The van der Waals surface area contributed by atoms with Gasteiger partial charge in [-0.05, 0) is 36.6 Å². The van der Waals surface area contributed by atoms with Crippen LogP contribution in [0, 0.1) is 18.7 Å². The Morgan fingerprint density at radius 3 is 2.56 bits per heavy atom. The molecule has 0 radical (unpaired) electrons. The Morgan fingerprint density at radius 1 is 1.16 bits per heavy atom. The number of aryl methyl sites for hydroxylation is 1. The van der Waals surface area contributed by atoms with Gasteiger partial charge in [0.2, 0.25) is 11.8 Å². The summed E-state index contributed by atoms with van der Waals surface area (Å²) in [6.07, 6.45) is 1.09. The Hall–Kier alpha value is -1.79. The average Bonchev–Trinajstić information content (AvgIpc) is 2.87. The van der Waals surface area contributed by atoms with Crippen molar-refractivity contribution >= 4 is 0 Å². The molecule has 1 unspecified atom stereocenters. The van der Waals surface area contributed by atoms with Gasteiger partial charge in [-0.2, -0.15) is 0 Å². The lowest BCUT2D eigenvalue weighted by molar-refractivity contribution is 0.126. The standard InChI is InChI=1S/C19H27FN4O/c1-14(2)18-12-23(13-19-22-21-15(3)25-19)9-4-10-24(18)11-16-5-7-17(20)8-6-16/h5-8,14,18H,4,9-13H2,1-3H3. The summed E-state index contributed by atoms with van der Waals surface area (Å²) in [4.78, 5) is 4.93. The Morgan fingerprint density at radius 2 is 1.92 bits per heavy atom. The molecular weight excluding hydrogens is 319 g/mol. The van der Waals surface area contributed by atoms with Crippen molar-refractivity contribution in [1.29, 1.82) is 0 Å². The van der Waals surface area contributed by atoms with E-state index < -0.39 is 0 Å². The zero-order valence-electron chi connectivity index (χ0n) is 15.3. The van der Waals surface area contributed by atoms with E-state index in [2.05, 4.69) is 33.8 Å². The fourth-order valence-electron chi connectivity index (χ4n) is 3.52. The van der Waals surface area contributed by atoms with Crippen molar-refractivity contribution in [3.05, 3.63) is 47.4 Å². The van der Waals surface area contributed by atoms with Crippen molar-refractivity contribution in [2.45, 2.75) is 46.3 Å². The first kappa shape index (κ1) is 18.0. The molecule has 2 heterocycles. The fraction of sp³-hybridized carbons (Fsp3) is 0.579. The number of benzene rings is 1. The molecule has 1 aliphatic heterocycles. The Labute approximate surface area is 148 Å². The molecule has 6 heteroatoms. The molecule has 0 amide bonds. The highest BCUT2D eigenvalue weighted by Crippen LogP contribution is 2.21. The van der Waals surface area contributed by atoms with Crippen LogP contribution in [0.4, 0.5) is 4.39 Å². The number of hydrogen-bond acceptors (Lipinski definition) is 5. The smallest absolute Gasteiger partial charge is 0.230 e. The lowest BCUT2D eigenvalue weighted by atomic mass is 10.0. The van der Waals surface area contributed by atoms with Crippen molar-refractivity contribution in [2.75, 3.05) is 19.6 Å². The van der Waals surface area contributed by atoms with Crippen LogP contribution in [0.25, 0.3) is 0 Å². The van der Waals surface area contributed by atoms with Gasteiger partial charge in [0.1, 0.15) is 5.82 Å². The molecule has 0 aliphatic carbocycles. The second-order valence-electron chi connectivity index (χ2n) is 7.21. The molecule has 136 valence electrons. The zero-order chi connectivity index (χ0) is 17.8. The molecule has 1 aromatic heterocycles. The van der Waals surface area contributed by atoms with Crippen LogP contribution in [0.15, 0.2) is 28.7 Å². The number of aromatic nitrogens is 2. The minimum atomic E-state index is -0.180. The molecule has 1 aromatic carbocycles. The summed E-state index contributed by atoms with van der Waals surface area (Å²) >= 11 is 0. The predicted molar refractivity (Wildman–Crippen MR) is 94.4 cm³/mol. The van der Waals surface area contributed by atoms with E-state index in [4.69, 9.17) is 4.42 Å². The molecule has 1 saturated heterocycles. The van der Waals surface area contributed by atoms with Crippen molar-refractivity contribution < 1.29 is 8.81 Å². The van der Waals surface area contributed by atoms with Gasteiger partial charge in [-0.1, -0.05) is 26.0 Å². The lowest BCUT2D eigenvalue weighted by Gasteiger charge is -2.34. The largest absolute Gasteiger partial charge is 0.424 e. The fourth-order valence-corrected chi connectivity index (χ4v) is 3.52. The normalized spacial score (nSPS) is 20.1. The molecular formula is C19H27FN4O. The van der Waals surface area contributed by atoms with Crippen LogP contribution in [0.5, 0.6) is 0 Å². The van der Waals surface area contributed by atoms with E-state index in [0.29, 0.717) is 30.3 Å². The molecule has 1 fully saturated rings. The van der Waals surface area contributed by atoms with Crippen LogP contribution in [-0.4, -0.2) is 45.7 Å². The highest BCUT2D eigenvalue weighted by Gasteiger charge is 2.28. The molecule has 1 aliphatic rings. The molecule has 2 aromatic rings. The summed E-state index contributed by atoms with van der Waals surface area (Å²) < 4.78 is 18.7. The maximum atomic E-state index is 13.2. The molecule has 1 atom stereocenters. The number of hydrogen-bond donors (Lipinski definition) is 0. The van der Waals surface area contributed by atoms with Crippen molar-refractivity contribution in [3.63, 3.8) is 0 Å². The summed E-state index contributed by atoms with van der Waals surface area (Å²) in [5, 5.41) is 8.05. The van der Waals surface area contributed by atoms with Gasteiger partial charge in [0.15, 0.2) is 0 Å². The molecule has 3 rings (SSSR count). The van der Waals surface area contributed by atoms with Crippen LogP contribution in [0.3, 0.4) is 0 Å². The molecule has 0 bridgehead atoms. The van der Waals surface area contributed by atoms with Gasteiger partial charge in [0.25, 0.3) is 0 Å². The van der Waals surface area contributed by atoms with Gasteiger partial charge in [-0.25, -0.2) is 4.39 Å². The zero-order valence-corrected chi connectivity index (χ0v) is 15.3. The van der Waals surface area contributed by atoms with Gasteiger partial charge in [-0.3, -0.25) is 9.80 Å². The molecule has 0 spiro atoms. The van der Waals surface area contributed by atoms with Gasteiger partial charge < -0.3 is 4.42 Å². The summed E-state index contributed by atoms with van der Waals surface area (Å²) in [5.74, 6) is 1.65. The lowest BCUT2D eigenvalue weighted by Crippen LogP contribution is -2.43. The summed E-state index contributed by atoms with van der Waals surface area (Å²) in [5.41, 5.74) is 1.16. The van der Waals surface area contributed by atoms with Gasteiger partial charge in [0, 0.05) is 32.6 Å². The van der Waals surface area contributed by atoms with Crippen molar-refractivity contribution in [2.24, 2.45) is 5.92 Å². The van der Waals surface area contributed by atoms with E-state index in [0.717, 1.165) is 38.2 Å². The number of nitrogens with zero attached hydrogens (tertiary/aromatic N) is 4. The molecule has 0 N–H and O–H groups in total. The minimum absolute atomic E-state index is 0.180. The second kappa shape index (κ2) is 8.06. The van der Waals surface area contributed by atoms with E-state index in [1.165, 1.54) is 0 Å². The SMILES string of the molecule is Cc1nnc(CN2CCCN(Cc3ccc(F)cc3)C(C(C)C)C2)o1. The van der Waals surface area contributed by atoms with Crippen molar-refractivity contribution in [1.82, 2.24) is 20.0 Å². The summed E-state index contributed by atoms with van der Waals surface area (Å²) in [7, 11) is 0. The van der Waals surface area contributed by atoms with Gasteiger partial charge in [-0.15, -0.1) is 10.2 Å². The summed E-state index contributed by atoms with van der Waals surface area (Å²) in [6, 6.07) is 7.30. The van der Waals surface area contributed by atoms with Crippen molar-refractivity contribution in [3.8, 4) is 0 Å². The highest BCUT2D eigenvalue weighted by molar-refractivity contribution is 5.16. The average molecular weight is 346 g/mol. The highest BCUT2D eigenvalue weighted by atomic mass is 19.1.